The fraction of sp³-hybridized carbons (Fsp3) is 0.538. The molecule has 0 aliphatic heterocycles. The molecule has 2 fully saturated rings. The van der Waals surface area contributed by atoms with Crippen molar-refractivity contribution in [3.63, 3.8) is 0 Å². The maximum atomic E-state index is 12.0. The summed E-state index contributed by atoms with van der Waals surface area (Å²) >= 11 is 0. The van der Waals surface area contributed by atoms with Gasteiger partial charge in [0.15, 0.2) is 0 Å². The fourth-order valence-electron chi connectivity index (χ4n) is 2.33. The zero-order valence-electron chi connectivity index (χ0n) is 9.73. The zero-order valence-corrected chi connectivity index (χ0v) is 9.73. The van der Waals surface area contributed by atoms with Crippen LogP contribution in [0.2, 0.25) is 0 Å². The number of carbonyl (C=O) groups is 1. The molecule has 0 spiro atoms. The van der Waals surface area contributed by atoms with Gasteiger partial charge in [0.05, 0.1) is 0 Å². The van der Waals surface area contributed by atoms with Crippen LogP contribution in [0.15, 0.2) is 18.2 Å². The normalized spacial score (nSPS) is 19.4. The van der Waals surface area contributed by atoms with Gasteiger partial charge in [-0.15, -0.1) is 0 Å². The summed E-state index contributed by atoms with van der Waals surface area (Å²) in [4.78, 5) is 16.1. The largest absolute Gasteiger partial charge is 0.384 e. The Morgan fingerprint density at radius 3 is 2.47 bits per heavy atom. The lowest BCUT2D eigenvalue weighted by molar-refractivity contribution is 0.0921. The van der Waals surface area contributed by atoms with E-state index in [0.29, 0.717) is 29.4 Å². The molecule has 90 valence electrons. The van der Waals surface area contributed by atoms with Crippen molar-refractivity contribution in [2.24, 2.45) is 11.8 Å². The lowest BCUT2D eigenvalue weighted by Gasteiger charge is -2.17. The molecule has 3 N–H and O–H groups in total. The van der Waals surface area contributed by atoms with Gasteiger partial charge in [-0.2, -0.15) is 0 Å². The SMILES string of the molecule is Nc1cccc(C(=O)NC(C2CC2)C2CC2)n1. The quantitative estimate of drug-likeness (QED) is 0.826. The number of aromatic nitrogens is 1. The summed E-state index contributed by atoms with van der Waals surface area (Å²) in [6.45, 7) is 0. The highest BCUT2D eigenvalue weighted by molar-refractivity contribution is 5.92. The van der Waals surface area contributed by atoms with Gasteiger partial charge in [0.25, 0.3) is 5.91 Å². The summed E-state index contributed by atoms with van der Waals surface area (Å²) in [5.41, 5.74) is 6.01. The molecule has 0 unspecified atom stereocenters. The highest BCUT2D eigenvalue weighted by Gasteiger charge is 2.42. The van der Waals surface area contributed by atoms with E-state index in [1.165, 1.54) is 25.7 Å². The van der Waals surface area contributed by atoms with Gasteiger partial charge in [0.2, 0.25) is 0 Å². The molecule has 4 nitrogen and oxygen atoms in total. The van der Waals surface area contributed by atoms with Crippen molar-refractivity contribution in [2.75, 3.05) is 5.73 Å². The predicted molar refractivity (Wildman–Crippen MR) is 65.4 cm³/mol. The molecule has 0 saturated heterocycles. The molecule has 0 bridgehead atoms. The van der Waals surface area contributed by atoms with E-state index >= 15 is 0 Å². The average molecular weight is 231 g/mol. The number of pyridine rings is 1. The molecule has 1 heterocycles. The molecule has 1 aromatic rings. The Labute approximate surface area is 101 Å². The Morgan fingerprint density at radius 1 is 1.29 bits per heavy atom. The number of hydrogen-bond acceptors (Lipinski definition) is 3. The first kappa shape index (κ1) is 10.6. The van der Waals surface area contributed by atoms with Gasteiger partial charge in [-0.25, -0.2) is 4.98 Å². The minimum absolute atomic E-state index is 0.0823. The van der Waals surface area contributed by atoms with Gasteiger partial charge in [0.1, 0.15) is 11.5 Å². The number of carbonyl (C=O) groups excluding carboxylic acids is 1. The minimum atomic E-state index is -0.0823. The molecule has 2 aliphatic rings. The molecule has 17 heavy (non-hydrogen) atoms. The summed E-state index contributed by atoms with van der Waals surface area (Å²) in [5.74, 6) is 1.72. The molecular formula is C13H17N3O. The predicted octanol–water partition coefficient (Wildman–Crippen LogP) is 1.58. The third kappa shape index (κ3) is 2.40. The first-order valence-corrected chi connectivity index (χ1v) is 6.27. The smallest absolute Gasteiger partial charge is 0.270 e. The first-order chi connectivity index (χ1) is 8.24. The average Bonchev–Trinajstić information content (AvgIpc) is 3.16. The number of nitrogens with two attached hydrogens (primary N) is 1. The van der Waals surface area contributed by atoms with Crippen molar-refractivity contribution in [2.45, 2.75) is 31.7 Å². The van der Waals surface area contributed by atoms with Crippen LogP contribution >= 0.6 is 0 Å². The van der Waals surface area contributed by atoms with E-state index in [9.17, 15) is 4.79 Å². The van der Waals surface area contributed by atoms with Gasteiger partial charge in [-0.1, -0.05) is 6.07 Å². The number of nitrogens with one attached hydrogen (secondary N) is 1. The van der Waals surface area contributed by atoms with Crippen molar-refractivity contribution in [1.29, 1.82) is 0 Å². The molecule has 0 atom stereocenters. The van der Waals surface area contributed by atoms with Crippen LogP contribution in [0.3, 0.4) is 0 Å². The molecule has 0 aromatic carbocycles. The number of nitrogen functional groups attached to an aromatic ring is 1. The summed E-state index contributed by atoms with van der Waals surface area (Å²) < 4.78 is 0. The van der Waals surface area contributed by atoms with E-state index in [2.05, 4.69) is 10.3 Å². The van der Waals surface area contributed by atoms with E-state index in [0.717, 1.165) is 0 Å². The summed E-state index contributed by atoms with van der Waals surface area (Å²) in [6, 6.07) is 5.53. The Kier molecular flexibility index (Phi) is 2.50. The van der Waals surface area contributed by atoms with Crippen molar-refractivity contribution in [3.05, 3.63) is 23.9 Å². The van der Waals surface area contributed by atoms with Gasteiger partial charge in [-0.3, -0.25) is 4.79 Å². The van der Waals surface area contributed by atoms with Crippen LogP contribution in [0.25, 0.3) is 0 Å². The topological polar surface area (TPSA) is 68.0 Å². The van der Waals surface area contributed by atoms with E-state index in [1.54, 1.807) is 18.2 Å². The molecule has 0 radical (unpaired) electrons. The summed E-state index contributed by atoms with van der Waals surface area (Å²) in [7, 11) is 0. The lowest BCUT2D eigenvalue weighted by atomic mass is 10.1. The molecule has 1 amide bonds. The third-order valence-electron chi connectivity index (χ3n) is 3.56. The van der Waals surface area contributed by atoms with Crippen molar-refractivity contribution < 1.29 is 4.79 Å². The standard InChI is InChI=1S/C13H17N3O/c14-11-3-1-2-10(15-11)13(17)16-12(8-4-5-8)9-6-7-9/h1-3,8-9,12H,4-7H2,(H2,14,15)(H,16,17). The highest BCUT2D eigenvalue weighted by atomic mass is 16.1. The molecule has 2 saturated carbocycles. The Hall–Kier alpha value is -1.58. The molecule has 1 aromatic heterocycles. The number of rotatable bonds is 4. The van der Waals surface area contributed by atoms with Crippen LogP contribution in [-0.2, 0) is 0 Å². The molecule has 3 rings (SSSR count). The van der Waals surface area contributed by atoms with Crippen LogP contribution in [-0.4, -0.2) is 16.9 Å². The Balaban J connectivity index is 1.69. The van der Waals surface area contributed by atoms with Gasteiger partial charge in [0, 0.05) is 6.04 Å². The maximum Gasteiger partial charge on any atom is 0.270 e. The van der Waals surface area contributed by atoms with Crippen LogP contribution in [0, 0.1) is 11.8 Å². The second kappa shape index (κ2) is 4.02. The van der Waals surface area contributed by atoms with E-state index in [4.69, 9.17) is 5.73 Å². The maximum absolute atomic E-state index is 12.0. The van der Waals surface area contributed by atoms with Gasteiger partial charge < -0.3 is 11.1 Å². The van der Waals surface area contributed by atoms with Gasteiger partial charge >= 0.3 is 0 Å². The zero-order chi connectivity index (χ0) is 11.8. The number of hydrogen-bond donors (Lipinski definition) is 2. The van der Waals surface area contributed by atoms with Crippen molar-refractivity contribution in [3.8, 4) is 0 Å². The second-order valence-corrected chi connectivity index (χ2v) is 5.12. The second-order valence-electron chi connectivity index (χ2n) is 5.12. The molecular weight excluding hydrogens is 214 g/mol. The third-order valence-corrected chi connectivity index (χ3v) is 3.56. The Bertz CT molecular complexity index is 426. The molecule has 2 aliphatic carbocycles. The van der Waals surface area contributed by atoms with Crippen LogP contribution in [0.1, 0.15) is 36.2 Å². The number of amides is 1. The number of nitrogens with zero attached hydrogens (tertiary/aromatic N) is 1. The molecule has 4 heteroatoms. The summed E-state index contributed by atoms with van der Waals surface area (Å²) in [6.07, 6.45) is 5.02. The van der Waals surface area contributed by atoms with Crippen molar-refractivity contribution in [1.82, 2.24) is 10.3 Å². The number of anilines is 1. The monoisotopic (exact) mass is 231 g/mol. The van der Waals surface area contributed by atoms with E-state index < -0.39 is 0 Å². The van der Waals surface area contributed by atoms with Crippen molar-refractivity contribution >= 4 is 11.7 Å². The highest BCUT2D eigenvalue weighted by Crippen LogP contribution is 2.44. The van der Waals surface area contributed by atoms with Gasteiger partial charge in [-0.05, 0) is 49.7 Å². The Morgan fingerprint density at radius 2 is 1.94 bits per heavy atom. The van der Waals surface area contributed by atoms with E-state index in [1.807, 2.05) is 0 Å². The lowest BCUT2D eigenvalue weighted by Crippen LogP contribution is -2.38. The first-order valence-electron chi connectivity index (χ1n) is 6.27. The fourth-order valence-corrected chi connectivity index (χ4v) is 2.33. The van der Waals surface area contributed by atoms with Crippen LogP contribution < -0.4 is 11.1 Å². The van der Waals surface area contributed by atoms with Crippen LogP contribution in [0.5, 0.6) is 0 Å². The van der Waals surface area contributed by atoms with E-state index in [-0.39, 0.29) is 5.91 Å². The summed E-state index contributed by atoms with van der Waals surface area (Å²) in [5, 5.41) is 3.13. The minimum Gasteiger partial charge on any atom is -0.384 e. The van der Waals surface area contributed by atoms with Crippen LogP contribution in [0.4, 0.5) is 5.82 Å².